The standard InChI is InChI=1S/C108H100N6/c1-103(2,3)67-33-45-93-81(55-67)82-56-68(104(4,5)6)34-46-94(82)112(93)76-42-51-99-87(62-76)88-63-78(43-52-100(88)109(99)73-25-19-18-20-26-73)114-97-49-37-71(107(13,14)15)59-85(97)86-60-72(38-50-98(86)114)108(16,17)65-66-31-39-74(40-32-66)110-101-53-41-75(111-91-29-23-21-27-79(91)80-28-22-24-30-92(80)111)61-89(101)90-64-77(44-54-102(90)110)113-95-47-35-69(105(7,8)9)57-83(95)84-58-70(106(10,11)12)36-48-96(84)113/h18-64H,65H2,1-17H3. The average molecular weight is 1480 g/mol. The van der Waals surface area contributed by atoms with Crippen LogP contribution >= 0.6 is 0 Å². The molecule has 0 atom stereocenters. The van der Waals surface area contributed by atoms with E-state index in [1.165, 1.54) is 170 Å². The predicted molar refractivity (Wildman–Crippen MR) is 489 cm³/mol. The van der Waals surface area contributed by atoms with E-state index < -0.39 is 0 Å². The van der Waals surface area contributed by atoms with E-state index >= 15 is 0 Å². The van der Waals surface area contributed by atoms with E-state index in [1.54, 1.807) is 0 Å². The summed E-state index contributed by atoms with van der Waals surface area (Å²) in [4.78, 5) is 0. The fourth-order valence-electron chi connectivity index (χ4n) is 18.9. The highest BCUT2D eigenvalue weighted by Crippen LogP contribution is 2.47. The van der Waals surface area contributed by atoms with Crippen LogP contribution in [0.15, 0.2) is 285 Å². The molecule has 0 aliphatic heterocycles. The molecule has 0 aliphatic carbocycles. The lowest BCUT2D eigenvalue weighted by molar-refractivity contribution is 0.523. The average Bonchev–Trinajstić information content (AvgIpc) is 1.57. The van der Waals surface area contributed by atoms with Gasteiger partial charge in [0.05, 0.1) is 66.2 Å². The number of benzene rings is 14. The molecule has 0 N–H and O–H groups in total. The van der Waals surface area contributed by atoms with Crippen molar-refractivity contribution < 1.29 is 0 Å². The van der Waals surface area contributed by atoms with Crippen LogP contribution in [-0.4, -0.2) is 27.4 Å². The van der Waals surface area contributed by atoms with Gasteiger partial charge in [-0.05, 0) is 260 Å². The maximum atomic E-state index is 2.53. The van der Waals surface area contributed by atoms with E-state index in [9.17, 15) is 0 Å². The molecule has 20 rings (SSSR count). The zero-order valence-corrected chi connectivity index (χ0v) is 69.0. The molecule has 0 aliphatic rings. The number of para-hydroxylation sites is 3. The van der Waals surface area contributed by atoms with Gasteiger partial charge in [-0.15, -0.1) is 0 Å². The Morgan fingerprint density at radius 1 is 0.167 bits per heavy atom. The molecule has 6 heteroatoms. The van der Waals surface area contributed by atoms with Gasteiger partial charge in [0.25, 0.3) is 0 Å². The van der Waals surface area contributed by atoms with Gasteiger partial charge in [0.15, 0.2) is 0 Å². The zero-order valence-electron chi connectivity index (χ0n) is 69.0. The molecule has 6 heterocycles. The minimum Gasteiger partial charge on any atom is -0.309 e. The molecule has 0 unspecified atom stereocenters. The summed E-state index contributed by atoms with van der Waals surface area (Å²) in [5.74, 6) is 0. The van der Waals surface area contributed by atoms with Crippen molar-refractivity contribution in [2.24, 2.45) is 0 Å². The molecule has 0 saturated carbocycles. The maximum absolute atomic E-state index is 2.53. The van der Waals surface area contributed by atoms with Gasteiger partial charge in [-0.2, -0.15) is 0 Å². The number of hydrogen-bond acceptors (Lipinski definition) is 0. The lowest BCUT2D eigenvalue weighted by atomic mass is 9.78. The van der Waals surface area contributed by atoms with Crippen molar-refractivity contribution in [3.63, 3.8) is 0 Å². The topological polar surface area (TPSA) is 29.6 Å². The lowest BCUT2D eigenvalue weighted by Crippen LogP contribution is -2.20. The van der Waals surface area contributed by atoms with Crippen LogP contribution < -0.4 is 0 Å². The smallest absolute Gasteiger partial charge is 0.0542 e. The Hall–Kier alpha value is -12.1. The predicted octanol–water partition coefficient (Wildman–Crippen LogP) is 29.3. The van der Waals surface area contributed by atoms with E-state index in [1.807, 2.05) is 0 Å². The third kappa shape index (κ3) is 11.2. The summed E-state index contributed by atoms with van der Waals surface area (Å²) in [7, 11) is 0. The minimum atomic E-state index is -0.232. The summed E-state index contributed by atoms with van der Waals surface area (Å²) in [6.07, 6.45) is 0.852. The number of hydrogen-bond donors (Lipinski definition) is 0. The first-order valence-corrected chi connectivity index (χ1v) is 41.0. The Bertz CT molecular complexity index is 7200. The van der Waals surface area contributed by atoms with E-state index in [0.29, 0.717) is 0 Å². The second-order valence-corrected chi connectivity index (χ2v) is 38.6. The van der Waals surface area contributed by atoms with Crippen molar-refractivity contribution in [3.8, 4) is 34.1 Å². The van der Waals surface area contributed by atoms with Crippen LogP contribution in [0.1, 0.15) is 157 Å². The Labute approximate surface area is 668 Å². The van der Waals surface area contributed by atoms with E-state index in [2.05, 4.69) is 430 Å². The SMILES string of the molecule is CC(C)(C)c1ccc2c(c1)c1cc(C(C)(C)C)ccc1n2-c1ccc2c(c1)c1cc(-n3c4ccccc4c4ccccc43)ccc1n2-c1ccc(CC(C)(C)c2ccc3c(c2)c2cc(C(C)(C)C)ccc2n3-c2ccc3c(c2)c2cc(-n4c5ccc(C(C)(C)C)cc5c5cc(C(C)(C)C)ccc54)ccc2n3-c2ccccc2)cc1. The molecule has 20 aromatic rings. The van der Waals surface area contributed by atoms with Crippen LogP contribution in [0.4, 0.5) is 0 Å². The molecule has 562 valence electrons. The molecular weight excluding hydrogens is 1380 g/mol. The molecule has 0 radical (unpaired) electrons. The van der Waals surface area contributed by atoms with Crippen molar-refractivity contribution in [2.45, 2.75) is 157 Å². The van der Waals surface area contributed by atoms with Gasteiger partial charge in [-0.3, -0.25) is 0 Å². The zero-order chi connectivity index (χ0) is 78.8. The fourth-order valence-corrected chi connectivity index (χ4v) is 18.9. The van der Waals surface area contributed by atoms with Crippen LogP contribution in [0, 0.1) is 0 Å². The number of rotatable bonds is 9. The summed E-state index contributed by atoms with van der Waals surface area (Å²) in [6.45, 7) is 39.7. The first kappa shape index (κ1) is 71.0. The van der Waals surface area contributed by atoms with Gasteiger partial charge in [-0.25, -0.2) is 0 Å². The van der Waals surface area contributed by atoms with Gasteiger partial charge in [0.2, 0.25) is 0 Å². The molecule has 0 fully saturated rings. The van der Waals surface area contributed by atoms with Gasteiger partial charge in [-0.1, -0.05) is 221 Å². The van der Waals surface area contributed by atoms with Gasteiger partial charge < -0.3 is 27.4 Å². The Morgan fingerprint density at radius 2 is 0.368 bits per heavy atom. The van der Waals surface area contributed by atoms with Gasteiger partial charge in [0.1, 0.15) is 0 Å². The molecule has 6 nitrogen and oxygen atoms in total. The summed E-state index contributed by atoms with van der Waals surface area (Å²) >= 11 is 0. The van der Waals surface area contributed by atoms with Crippen molar-refractivity contribution in [3.05, 3.63) is 324 Å². The highest BCUT2D eigenvalue weighted by atomic mass is 15.0. The molecule has 0 bridgehead atoms. The summed E-state index contributed by atoms with van der Waals surface area (Å²) in [5.41, 5.74) is 30.2. The van der Waals surface area contributed by atoms with Crippen molar-refractivity contribution in [1.29, 1.82) is 0 Å². The Balaban J connectivity index is 0.699. The monoisotopic (exact) mass is 1480 g/mol. The highest BCUT2D eigenvalue weighted by Gasteiger charge is 2.30. The van der Waals surface area contributed by atoms with Crippen LogP contribution in [0.25, 0.3) is 165 Å². The van der Waals surface area contributed by atoms with Crippen LogP contribution in [-0.2, 0) is 38.9 Å². The molecule has 114 heavy (non-hydrogen) atoms. The lowest BCUT2D eigenvalue weighted by Gasteiger charge is -2.26. The third-order valence-corrected chi connectivity index (χ3v) is 25.3. The highest BCUT2D eigenvalue weighted by molar-refractivity contribution is 6.17. The second-order valence-electron chi connectivity index (χ2n) is 38.6. The van der Waals surface area contributed by atoms with E-state index in [4.69, 9.17) is 0 Å². The Kier molecular flexibility index (Phi) is 15.5. The summed E-state index contributed by atoms with van der Waals surface area (Å²) in [5, 5.41) is 15.0. The normalized spacial score (nSPS) is 13.2. The molecule has 0 saturated heterocycles. The quantitative estimate of drug-likeness (QED) is 0.138. The molecule has 0 amide bonds. The summed E-state index contributed by atoms with van der Waals surface area (Å²) < 4.78 is 15.0. The van der Waals surface area contributed by atoms with Crippen LogP contribution in [0.2, 0.25) is 0 Å². The first-order valence-electron chi connectivity index (χ1n) is 41.0. The minimum absolute atomic E-state index is 0.00123. The van der Waals surface area contributed by atoms with Crippen LogP contribution in [0.3, 0.4) is 0 Å². The van der Waals surface area contributed by atoms with E-state index in [-0.39, 0.29) is 32.5 Å². The van der Waals surface area contributed by atoms with Crippen LogP contribution in [0.5, 0.6) is 0 Å². The van der Waals surface area contributed by atoms with Gasteiger partial charge in [0, 0.05) is 98.8 Å². The third-order valence-electron chi connectivity index (χ3n) is 25.3. The van der Waals surface area contributed by atoms with Gasteiger partial charge >= 0.3 is 0 Å². The Morgan fingerprint density at radius 3 is 0.649 bits per heavy atom. The molecule has 6 aromatic heterocycles. The summed E-state index contributed by atoms with van der Waals surface area (Å²) in [6, 6.07) is 110. The van der Waals surface area contributed by atoms with Crippen molar-refractivity contribution in [1.82, 2.24) is 27.4 Å². The van der Waals surface area contributed by atoms with Crippen molar-refractivity contribution >= 4 is 131 Å². The second kappa shape index (κ2) is 24.9. The maximum Gasteiger partial charge on any atom is 0.0542 e. The number of aromatic nitrogens is 6. The number of nitrogens with zero attached hydrogens (tertiary/aromatic N) is 6. The first-order chi connectivity index (χ1) is 54.4. The fraction of sp³-hybridized carbons (Fsp3) is 0.222. The molecule has 0 spiro atoms. The van der Waals surface area contributed by atoms with Crippen molar-refractivity contribution in [2.75, 3.05) is 0 Å². The molecular formula is C108H100N6. The largest absolute Gasteiger partial charge is 0.309 e. The molecule has 14 aromatic carbocycles. The number of fused-ring (bicyclic) bond motifs is 18. The van der Waals surface area contributed by atoms with E-state index in [0.717, 1.165) is 40.5 Å².